The number of ether oxygens (including phenoxy) is 1. The molecule has 0 aliphatic heterocycles. The van der Waals surface area contributed by atoms with Crippen LogP contribution in [-0.4, -0.2) is 15.0 Å². The fourth-order valence-corrected chi connectivity index (χ4v) is 3.37. The van der Waals surface area contributed by atoms with E-state index in [0.29, 0.717) is 12.4 Å². The van der Waals surface area contributed by atoms with Gasteiger partial charge in [0.15, 0.2) is 0 Å². The lowest BCUT2D eigenvalue weighted by Crippen LogP contribution is -2.25. The van der Waals surface area contributed by atoms with Gasteiger partial charge >= 0.3 is 0 Å². The molecule has 2 aromatic rings. The molecule has 2 aromatic carbocycles. The van der Waals surface area contributed by atoms with Crippen molar-refractivity contribution in [1.82, 2.24) is 4.72 Å². The lowest BCUT2D eigenvalue weighted by Gasteiger charge is -2.12. The first-order chi connectivity index (χ1) is 10.5. The monoisotopic (exact) mass is 319 g/mol. The molecule has 0 aliphatic rings. The minimum Gasteiger partial charge on any atom is -0.494 e. The van der Waals surface area contributed by atoms with Gasteiger partial charge in [-0.05, 0) is 31.0 Å². The van der Waals surface area contributed by atoms with E-state index in [1.54, 1.807) is 0 Å². The average molecular weight is 319 g/mol. The van der Waals surface area contributed by atoms with Gasteiger partial charge in [-0.1, -0.05) is 42.5 Å². The van der Waals surface area contributed by atoms with Crippen molar-refractivity contribution >= 4 is 10.0 Å². The molecule has 22 heavy (non-hydrogen) atoms. The lowest BCUT2D eigenvalue weighted by molar-refractivity contribution is 0.336. The Balaban J connectivity index is 2.06. The van der Waals surface area contributed by atoms with Crippen LogP contribution in [0.15, 0.2) is 48.5 Å². The summed E-state index contributed by atoms with van der Waals surface area (Å²) < 4.78 is 32.6. The number of sulfonamides is 1. The zero-order chi connectivity index (χ0) is 16.0. The molecule has 0 fully saturated rings. The first kappa shape index (κ1) is 16.5. The van der Waals surface area contributed by atoms with Crippen molar-refractivity contribution in [2.45, 2.75) is 26.1 Å². The van der Waals surface area contributed by atoms with Crippen molar-refractivity contribution < 1.29 is 13.2 Å². The summed E-state index contributed by atoms with van der Waals surface area (Å²) in [6, 6.07) is 14.9. The molecular formula is C17H21NO3S. The minimum absolute atomic E-state index is 0.0174. The van der Waals surface area contributed by atoms with E-state index in [1.165, 1.54) is 0 Å². The molecule has 0 unspecified atom stereocenters. The van der Waals surface area contributed by atoms with Crippen molar-refractivity contribution in [2.24, 2.45) is 0 Å². The van der Waals surface area contributed by atoms with Gasteiger partial charge in [0.2, 0.25) is 10.0 Å². The number of hydrogen-bond acceptors (Lipinski definition) is 3. The number of para-hydroxylation sites is 1. The van der Waals surface area contributed by atoms with Crippen LogP contribution in [0.3, 0.4) is 0 Å². The quantitative estimate of drug-likeness (QED) is 0.853. The lowest BCUT2D eigenvalue weighted by atomic mass is 10.1. The highest BCUT2D eigenvalue weighted by Gasteiger charge is 2.14. The fourth-order valence-electron chi connectivity index (χ4n) is 2.16. The molecular weight excluding hydrogens is 298 g/mol. The van der Waals surface area contributed by atoms with E-state index < -0.39 is 10.0 Å². The van der Waals surface area contributed by atoms with E-state index in [-0.39, 0.29) is 12.3 Å². The third-order valence-corrected chi connectivity index (χ3v) is 4.64. The zero-order valence-corrected chi connectivity index (χ0v) is 13.7. The molecule has 0 heterocycles. The van der Waals surface area contributed by atoms with Crippen LogP contribution in [0.2, 0.25) is 0 Å². The summed E-state index contributed by atoms with van der Waals surface area (Å²) in [5, 5.41) is 0. The predicted molar refractivity (Wildman–Crippen MR) is 88.3 cm³/mol. The maximum atomic E-state index is 12.2. The third kappa shape index (κ3) is 4.58. The second-order valence-electron chi connectivity index (χ2n) is 5.05. The van der Waals surface area contributed by atoms with Crippen LogP contribution < -0.4 is 9.46 Å². The summed E-state index contributed by atoms with van der Waals surface area (Å²) >= 11 is 0. The molecule has 0 aliphatic carbocycles. The van der Waals surface area contributed by atoms with Gasteiger partial charge < -0.3 is 4.74 Å². The summed E-state index contributed by atoms with van der Waals surface area (Å²) in [6.45, 7) is 4.59. The van der Waals surface area contributed by atoms with Gasteiger partial charge in [-0.15, -0.1) is 0 Å². The van der Waals surface area contributed by atoms with Gasteiger partial charge in [0, 0.05) is 12.1 Å². The Labute approximate surface area is 132 Å². The van der Waals surface area contributed by atoms with Gasteiger partial charge in [0.25, 0.3) is 0 Å². The topological polar surface area (TPSA) is 55.4 Å². The summed E-state index contributed by atoms with van der Waals surface area (Å²) in [6.07, 6.45) is 0. The number of rotatable bonds is 7. The van der Waals surface area contributed by atoms with Crippen molar-refractivity contribution in [3.63, 3.8) is 0 Å². The van der Waals surface area contributed by atoms with Gasteiger partial charge in [-0.3, -0.25) is 0 Å². The summed E-state index contributed by atoms with van der Waals surface area (Å²) in [7, 11) is -3.39. The smallest absolute Gasteiger partial charge is 0.216 e. The van der Waals surface area contributed by atoms with Gasteiger partial charge in [0.1, 0.15) is 5.75 Å². The molecule has 0 spiro atoms. The molecule has 0 bridgehead atoms. The first-order valence-corrected chi connectivity index (χ1v) is 8.89. The van der Waals surface area contributed by atoms with E-state index in [2.05, 4.69) is 4.72 Å². The Morgan fingerprint density at radius 2 is 1.64 bits per heavy atom. The molecule has 0 saturated carbocycles. The number of hydrogen-bond donors (Lipinski definition) is 1. The van der Waals surface area contributed by atoms with Gasteiger partial charge in [0.05, 0.1) is 12.4 Å². The van der Waals surface area contributed by atoms with E-state index in [4.69, 9.17) is 4.74 Å². The van der Waals surface area contributed by atoms with Crippen LogP contribution in [0.1, 0.15) is 23.6 Å². The SMILES string of the molecule is CCOc1ccccc1CNS(=O)(=O)Cc1ccccc1C. The molecule has 0 amide bonds. The molecule has 5 heteroatoms. The highest BCUT2D eigenvalue weighted by molar-refractivity contribution is 7.88. The normalized spacial score (nSPS) is 11.4. The standard InChI is InChI=1S/C17H21NO3S/c1-3-21-17-11-7-6-9-15(17)12-18-22(19,20)13-16-10-5-4-8-14(16)2/h4-11,18H,3,12-13H2,1-2H3. The molecule has 4 nitrogen and oxygen atoms in total. The van der Waals surface area contributed by atoms with Crippen molar-refractivity contribution in [3.05, 3.63) is 65.2 Å². The van der Waals surface area contributed by atoms with E-state index >= 15 is 0 Å². The van der Waals surface area contributed by atoms with Crippen LogP contribution in [0.4, 0.5) is 0 Å². The van der Waals surface area contributed by atoms with Crippen LogP contribution in [0.5, 0.6) is 5.75 Å². The molecule has 2 rings (SSSR count). The minimum atomic E-state index is -3.39. The van der Waals surface area contributed by atoms with Gasteiger partial charge in [-0.25, -0.2) is 13.1 Å². The van der Waals surface area contributed by atoms with E-state index in [0.717, 1.165) is 16.7 Å². The highest BCUT2D eigenvalue weighted by Crippen LogP contribution is 2.18. The Bertz CT molecular complexity index is 726. The molecule has 0 atom stereocenters. The second-order valence-corrected chi connectivity index (χ2v) is 6.85. The summed E-state index contributed by atoms with van der Waals surface area (Å²) in [5.74, 6) is 0.694. The maximum Gasteiger partial charge on any atom is 0.216 e. The summed E-state index contributed by atoms with van der Waals surface area (Å²) in [4.78, 5) is 0. The number of nitrogens with one attached hydrogen (secondary N) is 1. The number of aryl methyl sites for hydroxylation is 1. The number of benzene rings is 2. The predicted octanol–water partition coefficient (Wildman–Crippen LogP) is 3.01. The third-order valence-electron chi connectivity index (χ3n) is 3.36. The second kappa shape index (κ2) is 7.42. The summed E-state index contributed by atoms with van der Waals surface area (Å²) in [5.41, 5.74) is 2.62. The Morgan fingerprint density at radius 1 is 1.00 bits per heavy atom. The molecule has 0 radical (unpaired) electrons. The molecule has 0 saturated heterocycles. The molecule has 0 aromatic heterocycles. The maximum absolute atomic E-state index is 12.2. The van der Waals surface area contributed by atoms with Crippen molar-refractivity contribution in [3.8, 4) is 5.75 Å². The van der Waals surface area contributed by atoms with Crippen LogP contribution in [0.25, 0.3) is 0 Å². The van der Waals surface area contributed by atoms with Crippen LogP contribution in [-0.2, 0) is 22.3 Å². The van der Waals surface area contributed by atoms with Crippen molar-refractivity contribution in [1.29, 1.82) is 0 Å². The van der Waals surface area contributed by atoms with Gasteiger partial charge in [-0.2, -0.15) is 0 Å². The van der Waals surface area contributed by atoms with Crippen LogP contribution >= 0.6 is 0 Å². The Hall–Kier alpha value is -1.85. The molecule has 118 valence electrons. The van der Waals surface area contributed by atoms with E-state index in [1.807, 2.05) is 62.4 Å². The highest BCUT2D eigenvalue weighted by atomic mass is 32.2. The van der Waals surface area contributed by atoms with E-state index in [9.17, 15) is 8.42 Å². The Morgan fingerprint density at radius 3 is 2.32 bits per heavy atom. The zero-order valence-electron chi connectivity index (χ0n) is 12.9. The van der Waals surface area contributed by atoms with Crippen LogP contribution in [0, 0.1) is 6.92 Å². The fraction of sp³-hybridized carbons (Fsp3) is 0.294. The van der Waals surface area contributed by atoms with Crippen molar-refractivity contribution in [2.75, 3.05) is 6.61 Å². The Kier molecular flexibility index (Phi) is 5.57. The largest absolute Gasteiger partial charge is 0.494 e. The average Bonchev–Trinajstić information content (AvgIpc) is 2.49. The first-order valence-electron chi connectivity index (χ1n) is 7.24. The molecule has 1 N–H and O–H groups in total.